The third kappa shape index (κ3) is 4.07. The van der Waals surface area contributed by atoms with Gasteiger partial charge in [0.05, 0.1) is 29.9 Å². The van der Waals surface area contributed by atoms with Crippen molar-refractivity contribution in [2.75, 3.05) is 18.1 Å². The van der Waals surface area contributed by atoms with Crippen molar-refractivity contribution < 1.29 is 14.3 Å². The molecule has 4 heterocycles. The molecule has 0 unspecified atom stereocenters. The lowest BCUT2D eigenvalue weighted by Gasteiger charge is -2.33. The molecule has 172 valence electrons. The fourth-order valence-corrected chi connectivity index (χ4v) is 4.71. The third-order valence-electron chi connectivity index (χ3n) is 6.27. The standard InChI is InChI=1S/C26H30N4O3/c1-4-8-20-19-15-32-26(2,3)13-18(19)21-22-23(33-25(21)29-20)24(28-16-27-22)30(11-12-31)14-17-9-6-5-7-10-17/h5-7,9-10,16,31H,4,8,11-15H2,1-3H3. The van der Waals surface area contributed by atoms with Crippen LogP contribution in [0.15, 0.2) is 41.1 Å². The smallest absolute Gasteiger partial charge is 0.229 e. The first-order chi connectivity index (χ1) is 16.0. The van der Waals surface area contributed by atoms with Crippen molar-refractivity contribution in [3.63, 3.8) is 0 Å². The van der Waals surface area contributed by atoms with Crippen LogP contribution in [-0.4, -0.2) is 38.8 Å². The van der Waals surface area contributed by atoms with Crippen LogP contribution in [0.25, 0.3) is 22.2 Å². The quantitative estimate of drug-likeness (QED) is 0.445. The van der Waals surface area contributed by atoms with Gasteiger partial charge >= 0.3 is 0 Å². The molecule has 0 saturated heterocycles. The van der Waals surface area contributed by atoms with Crippen LogP contribution in [-0.2, 0) is 30.7 Å². The third-order valence-corrected chi connectivity index (χ3v) is 6.27. The van der Waals surface area contributed by atoms with E-state index in [9.17, 15) is 5.11 Å². The molecule has 0 saturated carbocycles. The number of fused-ring (bicyclic) bond motifs is 5. The van der Waals surface area contributed by atoms with Crippen molar-refractivity contribution in [1.29, 1.82) is 0 Å². The lowest BCUT2D eigenvalue weighted by atomic mass is 9.88. The summed E-state index contributed by atoms with van der Waals surface area (Å²) in [6.07, 6.45) is 4.23. The van der Waals surface area contributed by atoms with E-state index < -0.39 is 0 Å². The zero-order valence-corrected chi connectivity index (χ0v) is 19.5. The Bertz CT molecular complexity index is 1280. The largest absolute Gasteiger partial charge is 0.432 e. The van der Waals surface area contributed by atoms with Gasteiger partial charge in [-0.2, -0.15) is 0 Å². The van der Waals surface area contributed by atoms with Crippen LogP contribution in [0, 0.1) is 0 Å². The maximum atomic E-state index is 9.76. The fraction of sp³-hybridized carbons (Fsp3) is 0.423. The number of benzene rings is 1. The van der Waals surface area contributed by atoms with Crippen LogP contribution in [0.4, 0.5) is 5.82 Å². The zero-order valence-electron chi connectivity index (χ0n) is 19.5. The predicted molar refractivity (Wildman–Crippen MR) is 128 cm³/mol. The minimum absolute atomic E-state index is 0.0123. The van der Waals surface area contributed by atoms with Gasteiger partial charge in [0, 0.05) is 25.1 Å². The number of aromatic nitrogens is 3. The van der Waals surface area contributed by atoms with E-state index in [0.717, 1.165) is 41.4 Å². The average molecular weight is 447 g/mol. The second-order valence-electron chi connectivity index (χ2n) is 9.28. The average Bonchev–Trinajstić information content (AvgIpc) is 3.18. The van der Waals surface area contributed by atoms with Gasteiger partial charge in [-0.3, -0.25) is 0 Å². The van der Waals surface area contributed by atoms with Gasteiger partial charge in [-0.25, -0.2) is 15.0 Å². The van der Waals surface area contributed by atoms with Crippen molar-refractivity contribution in [2.45, 2.75) is 58.8 Å². The first-order valence-electron chi connectivity index (χ1n) is 11.6. The summed E-state index contributed by atoms with van der Waals surface area (Å²) in [4.78, 5) is 16.2. The molecular weight excluding hydrogens is 416 g/mol. The Balaban J connectivity index is 1.70. The van der Waals surface area contributed by atoms with Gasteiger partial charge in [0.15, 0.2) is 11.4 Å². The SMILES string of the molecule is CCCc1nc2oc3c(N(CCO)Cc4ccccc4)ncnc3c2c2c1COC(C)(C)C2. The van der Waals surface area contributed by atoms with Crippen LogP contribution < -0.4 is 4.90 Å². The molecule has 0 amide bonds. The van der Waals surface area contributed by atoms with Crippen LogP contribution in [0.1, 0.15) is 49.6 Å². The molecule has 0 fully saturated rings. The van der Waals surface area contributed by atoms with E-state index in [4.69, 9.17) is 14.1 Å². The molecule has 1 aliphatic heterocycles. The molecule has 33 heavy (non-hydrogen) atoms. The van der Waals surface area contributed by atoms with Gasteiger partial charge in [-0.15, -0.1) is 0 Å². The van der Waals surface area contributed by atoms with Crippen molar-refractivity contribution >= 4 is 28.0 Å². The molecule has 5 rings (SSSR count). The van der Waals surface area contributed by atoms with Gasteiger partial charge in [0.1, 0.15) is 11.8 Å². The Hall–Kier alpha value is -3.03. The van der Waals surface area contributed by atoms with Crippen LogP contribution >= 0.6 is 0 Å². The molecule has 7 nitrogen and oxygen atoms in total. The highest BCUT2D eigenvalue weighted by Crippen LogP contribution is 2.40. The van der Waals surface area contributed by atoms with Crippen LogP contribution in [0.2, 0.25) is 0 Å². The second-order valence-corrected chi connectivity index (χ2v) is 9.28. The molecule has 1 aliphatic rings. The van der Waals surface area contributed by atoms with Crippen molar-refractivity contribution in [3.8, 4) is 0 Å². The topological polar surface area (TPSA) is 84.5 Å². The maximum Gasteiger partial charge on any atom is 0.229 e. The van der Waals surface area contributed by atoms with E-state index in [0.29, 0.717) is 36.8 Å². The first kappa shape index (κ1) is 21.8. The van der Waals surface area contributed by atoms with Gasteiger partial charge in [0.25, 0.3) is 0 Å². The molecule has 1 aromatic carbocycles. The van der Waals surface area contributed by atoms with Crippen LogP contribution in [0.3, 0.4) is 0 Å². The number of anilines is 1. The number of aliphatic hydroxyl groups excluding tert-OH is 1. The molecule has 0 atom stereocenters. The predicted octanol–water partition coefficient (Wildman–Crippen LogP) is 4.57. The molecular formula is C26H30N4O3. The molecule has 7 heteroatoms. The number of hydrogen-bond acceptors (Lipinski definition) is 7. The highest BCUT2D eigenvalue weighted by molar-refractivity contribution is 6.06. The Morgan fingerprint density at radius 3 is 2.70 bits per heavy atom. The van der Waals surface area contributed by atoms with E-state index in [1.54, 1.807) is 6.33 Å². The van der Waals surface area contributed by atoms with Crippen molar-refractivity contribution in [1.82, 2.24) is 15.0 Å². The first-order valence-corrected chi connectivity index (χ1v) is 11.6. The summed E-state index contributed by atoms with van der Waals surface area (Å²) in [6.45, 7) is 8.00. The summed E-state index contributed by atoms with van der Waals surface area (Å²) in [5, 5.41) is 10.7. The van der Waals surface area contributed by atoms with E-state index in [-0.39, 0.29) is 12.2 Å². The number of aryl methyl sites for hydroxylation is 1. The highest BCUT2D eigenvalue weighted by Gasteiger charge is 2.32. The monoisotopic (exact) mass is 446 g/mol. The van der Waals surface area contributed by atoms with Gasteiger partial charge < -0.3 is 19.2 Å². The fourth-order valence-electron chi connectivity index (χ4n) is 4.71. The molecule has 3 aromatic heterocycles. The lowest BCUT2D eigenvalue weighted by Crippen LogP contribution is -2.32. The second kappa shape index (κ2) is 8.72. The van der Waals surface area contributed by atoms with Crippen molar-refractivity contribution in [2.24, 2.45) is 0 Å². The number of nitrogens with zero attached hydrogens (tertiary/aromatic N) is 4. The number of rotatable bonds is 7. The Morgan fingerprint density at radius 2 is 1.94 bits per heavy atom. The molecule has 0 bridgehead atoms. The minimum atomic E-state index is -0.263. The lowest BCUT2D eigenvalue weighted by molar-refractivity contribution is -0.0401. The summed E-state index contributed by atoms with van der Waals surface area (Å²) >= 11 is 0. The normalized spacial score (nSPS) is 15.2. The van der Waals surface area contributed by atoms with E-state index in [1.807, 2.05) is 23.1 Å². The maximum absolute atomic E-state index is 9.76. The molecule has 0 radical (unpaired) electrons. The summed E-state index contributed by atoms with van der Waals surface area (Å²) in [5.74, 6) is 0.674. The number of pyridine rings is 1. The van der Waals surface area contributed by atoms with E-state index >= 15 is 0 Å². The number of hydrogen-bond donors (Lipinski definition) is 1. The van der Waals surface area contributed by atoms with E-state index in [2.05, 4.69) is 42.9 Å². The summed E-state index contributed by atoms with van der Waals surface area (Å²) in [6, 6.07) is 10.2. The minimum Gasteiger partial charge on any atom is -0.432 e. The Kier molecular flexibility index (Phi) is 5.76. The molecule has 1 N–H and O–H groups in total. The zero-order chi connectivity index (χ0) is 23.0. The number of furan rings is 1. The summed E-state index contributed by atoms with van der Waals surface area (Å²) in [5.41, 5.74) is 6.30. The highest BCUT2D eigenvalue weighted by atomic mass is 16.5. The van der Waals surface area contributed by atoms with Gasteiger partial charge in [0.2, 0.25) is 5.71 Å². The summed E-state index contributed by atoms with van der Waals surface area (Å²) < 4.78 is 12.5. The van der Waals surface area contributed by atoms with Crippen molar-refractivity contribution in [3.05, 3.63) is 59.0 Å². The number of ether oxygens (including phenoxy) is 1. The van der Waals surface area contributed by atoms with Gasteiger partial charge in [-0.05, 0) is 31.4 Å². The van der Waals surface area contributed by atoms with E-state index in [1.165, 1.54) is 11.1 Å². The summed E-state index contributed by atoms with van der Waals surface area (Å²) in [7, 11) is 0. The number of aliphatic hydroxyl groups is 1. The Labute approximate surface area is 193 Å². The Morgan fingerprint density at radius 1 is 1.12 bits per heavy atom. The molecule has 0 aliphatic carbocycles. The van der Waals surface area contributed by atoms with Crippen LogP contribution in [0.5, 0.6) is 0 Å². The molecule has 0 spiro atoms. The van der Waals surface area contributed by atoms with Gasteiger partial charge in [-0.1, -0.05) is 43.7 Å². The molecule has 4 aromatic rings.